The Morgan fingerprint density at radius 3 is 2.35 bits per heavy atom. The van der Waals surface area contributed by atoms with Crippen molar-refractivity contribution in [2.45, 2.75) is 26.7 Å². The summed E-state index contributed by atoms with van der Waals surface area (Å²) >= 11 is 0. The second-order valence-corrected chi connectivity index (χ2v) is 6.78. The third-order valence-electron chi connectivity index (χ3n) is 2.81. The largest absolute Gasteiger partial charge is 0.481 e. The Labute approximate surface area is 121 Å². The number of carboxylic acids is 1. The van der Waals surface area contributed by atoms with Crippen molar-refractivity contribution in [1.29, 1.82) is 0 Å². The summed E-state index contributed by atoms with van der Waals surface area (Å²) in [6, 6.07) is 0. The lowest BCUT2D eigenvalue weighted by atomic mass is 10.1. The van der Waals surface area contributed by atoms with Crippen molar-refractivity contribution in [1.82, 2.24) is 10.2 Å². The maximum atomic E-state index is 10.8. The van der Waals surface area contributed by atoms with Crippen molar-refractivity contribution in [3.05, 3.63) is 0 Å². The average Bonchev–Trinajstić information content (AvgIpc) is 2.29. The zero-order chi connectivity index (χ0) is 15.6. The molecule has 0 aromatic rings. The van der Waals surface area contributed by atoms with Gasteiger partial charge in [-0.3, -0.25) is 9.35 Å². The summed E-state index contributed by atoms with van der Waals surface area (Å²) in [5.41, 5.74) is 0. The molecule has 0 bridgehead atoms. The van der Waals surface area contributed by atoms with Gasteiger partial charge in [0.15, 0.2) is 0 Å². The molecule has 0 aromatic carbocycles. The maximum Gasteiger partial charge on any atom is 0.304 e. The lowest BCUT2D eigenvalue weighted by Crippen LogP contribution is -2.37. The van der Waals surface area contributed by atoms with E-state index < -0.39 is 16.1 Å². The second-order valence-electron chi connectivity index (χ2n) is 5.20. The van der Waals surface area contributed by atoms with Crippen molar-refractivity contribution in [2.24, 2.45) is 5.92 Å². The Balaban J connectivity index is 4.00. The van der Waals surface area contributed by atoms with Crippen molar-refractivity contribution in [3.8, 4) is 0 Å². The number of hydrogen-bond acceptors (Lipinski definition) is 5. The number of nitrogens with one attached hydrogen (secondary N) is 1. The van der Waals surface area contributed by atoms with E-state index in [2.05, 4.69) is 19.2 Å². The molecule has 0 atom stereocenters. The van der Waals surface area contributed by atoms with Crippen LogP contribution in [0.15, 0.2) is 0 Å². The van der Waals surface area contributed by atoms with Crippen molar-refractivity contribution in [2.75, 3.05) is 38.5 Å². The molecular formula is C12H26N2O5S. The first-order chi connectivity index (χ1) is 9.20. The highest BCUT2D eigenvalue weighted by Crippen LogP contribution is 2.02. The molecule has 0 amide bonds. The average molecular weight is 310 g/mol. The fourth-order valence-corrected chi connectivity index (χ4v) is 2.07. The minimum atomic E-state index is -3.94. The Morgan fingerprint density at radius 2 is 1.85 bits per heavy atom. The molecule has 0 aliphatic carbocycles. The number of aliphatic carboxylic acids is 1. The molecule has 0 fully saturated rings. The number of carbonyl (C=O) groups is 1. The van der Waals surface area contributed by atoms with Gasteiger partial charge in [-0.05, 0) is 18.9 Å². The summed E-state index contributed by atoms with van der Waals surface area (Å²) < 4.78 is 30.3. The van der Waals surface area contributed by atoms with E-state index in [9.17, 15) is 13.2 Å². The van der Waals surface area contributed by atoms with Gasteiger partial charge in [0.2, 0.25) is 0 Å². The highest BCUT2D eigenvalue weighted by Gasteiger charge is 2.11. The van der Waals surface area contributed by atoms with Crippen molar-refractivity contribution >= 4 is 16.1 Å². The third kappa shape index (κ3) is 13.7. The van der Waals surface area contributed by atoms with E-state index in [1.807, 2.05) is 4.90 Å². The van der Waals surface area contributed by atoms with Crippen molar-refractivity contribution < 1.29 is 22.9 Å². The predicted octanol–water partition coefficient (Wildman–Crippen LogP) is 0.287. The monoisotopic (exact) mass is 310 g/mol. The molecule has 0 saturated heterocycles. The smallest absolute Gasteiger partial charge is 0.304 e. The summed E-state index contributed by atoms with van der Waals surface area (Å²) in [4.78, 5) is 12.3. The summed E-state index contributed by atoms with van der Waals surface area (Å²) in [6.07, 6.45) is 1.01. The molecular weight excluding hydrogens is 284 g/mol. The molecule has 0 aliphatic rings. The van der Waals surface area contributed by atoms with Crippen LogP contribution in [0.4, 0.5) is 0 Å². The van der Waals surface area contributed by atoms with Crippen molar-refractivity contribution in [3.63, 3.8) is 0 Å². The standard InChI is InChI=1S/C12H26N2O5S/c1-11(2)4-7-14(9-10-20(17,18)19)8-6-13-5-3-12(15)16/h11,13H,3-10H2,1-2H3,(H,15,16)(H,17,18,19). The molecule has 0 aliphatic heterocycles. The Morgan fingerprint density at radius 1 is 1.20 bits per heavy atom. The molecule has 8 heteroatoms. The van der Waals surface area contributed by atoms with Crippen LogP contribution >= 0.6 is 0 Å². The van der Waals surface area contributed by atoms with Crippen LogP contribution in [0.3, 0.4) is 0 Å². The lowest BCUT2D eigenvalue weighted by molar-refractivity contribution is -0.136. The van der Waals surface area contributed by atoms with Gasteiger partial charge in [-0.25, -0.2) is 0 Å². The van der Waals surface area contributed by atoms with Gasteiger partial charge in [0.05, 0.1) is 12.2 Å². The summed E-state index contributed by atoms with van der Waals surface area (Å²) in [5, 5.41) is 11.5. The minimum absolute atomic E-state index is 0.0665. The van der Waals surface area contributed by atoms with Gasteiger partial charge in [-0.15, -0.1) is 0 Å². The van der Waals surface area contributed by atoms with Crippen LogP contribution in [0.25, 0.3) is 0 Å². The van der Waals surface area contributed by atoms with Gasteiger partial charge in [-0.1, -0.05) is 13.8 Å². The Bertz CT molecular complexity index is 370. The first-order valence-electron chi connectivity index (χ1n) is 6.80. The number of carboxylic acid groups (broad SMARTS) is 1. The molecule has 120 valence electrons. The molecule has 0 radical (unpaired) electrons. The van der Waals surface area contributed by atoms with Gasteiger partial charge >= 0.3 is 5.97 Å². The molecule has 0 heterocycles. The molecule has 3 N–H and O–H groups in total. The summed E-state index contributed by atoms with van der Waals surface area (Å²) in [5.74, 6) is -0.607. The van der Waals surface area contributed by atoms with Gasteiger partial charge in [0.25, 0.3) is 10.1 Å². The molecule has 0 rings (SSSR count). The zero-order valence-corrected chi connectivity index (χ0v) is 13.0. The normalized spacial score (nSPS) is 12.2. The van der Waals surface area contributed by atoms with Gasteiger partial charge in [0.1, 0.15) is 0 Å². The fraction of sp³-hybridized carbons (Fsp3) is 0.917. The third-order valence-corrected chi connectivity index (χ3v) is 3.51. The Kier molecular flexibility index (Phi) is 9.74. The number of hydrogen-bond donors (Lipinski definition) is 3. The van der Waals surface area contributed by atoms with Crippen LogP contribution in [0.1, 0.15) is 26.7 Å². The van der Waals surface area contributed by atoms with E-state index in [1.165, 1.54) is 0 Å². The molecule has 20 heavy (non-hydrogen) atoms. The first kappa shape index (κ1) is 19.3. The first-order valence-corrected chi connectivity index (χ1v) is 8.41. The topological polar surface area (TPSA) is 107 Å². The molecule has 0 spiro atoms. The van der Waals surface area contributed by atoms with E-state index in [0.29, 0.717) is 25.6 Å². The highest BCUT2D eigenvalue weighted by atomic mass is 32.2. The number of nitrogens with zero attached hydrogens (tertiary/aromatic N) is 1. The van der Waals surface area contributed by atoms with E-state index in [-0.39, 0.29) is 18.7 Å². The lowest BCUT2D eigenvalue weighted by Gasteiger charge is -2.22. The van der Waals surface area contributed by atoms with Gasteiger partial charge in [-0.2, -0.15) is 8.42 Å². The quantitative estimate of drug-likeness (QED) is 0.351. The van der Waals surface area contributed by atoms with Crippen LogP contribution in [0.2, 0.25) is 0 Å². The van der Waals surface area contributed by atoms with Crippen LogP contribution in [0, 0.1) is 5.92 Å². The SMILES string of the molecule is CC(C)CCN(CCNCCC(=O)O)CCS(=O)(=O)O. The predicted molar refractivity (Wildman–Crippen MR) is 77.4 cm³/mol. The highest BCUT2D eigenvalue weighted by molar-refractivity contribution is 7.85. The second kappa shape index (κ2) is 10.1. The van der Waals surface area contributed by atoms with Crippen LogP contribution in [0.5, 0.6) is 0 Å². The molecule has 0 aromatic heterocycles. The van der Waals surface area contributed by atoms with Gasteiger partial charge in [0, 0.05) is 26.2 Å². The van der Waals surface area contributed by atoms with E-state index in [0.717, 1.165) is 13.0 Å². The molecule has 7 nitrogen and oxygen atoms in total. The molecule has 0 saturated carbocycles. The van der Waals surface area contributed by atoms with E-state index in [4.69, 9.17) is 9.66 Å². The van der Waals surface area contributed by atoms with Crippen LogP contribution in [-0.4, -0.2) is 67.4 Å². The summed E-state index contributed by atoms with van der Waals surface area (Å²) in [7, 11) is -3.94. The van der Waals surface area contributed by atoms with Gasteiger partial charge < -0.3 is 15.3 Å². The van der Waals surface area contributed by atoms with Crippen LogP contribution in [-0.2, 0) is 14.9 Å². The van der Waals surface area contributed by atoms with E-state index in [1.54, 1.807) is 0 Å². The number of rotatable bonds is 12. The summed E-state index contributed by atoms with van der Waals surface area (Å²) in [6.45, 7) is 6.84. The Hall–Kier alpha value is -0.700. The van der Waals surface area contributed by atoms with E-state index >= 15 is 0 Å². The minimum Gasteiger partial charge on any atom is -0.481 e. The zero-order valence-electron chi connectivity index (χ0n) is 12.2. The fourth-order valence-electron chi connectivity index (χ4n) is 1.58. The van der Waals surface area contributed by atoms with Crippen LogP contribution < -0.4 is 5.32 Å². The maximum absolute atomic E-state index is 10.8. The molecule has 0 unspecified atom stereocenters.